The van der Waals surface area contributed by atoms with Gasteiger partial charge in [-0.3, -0.25) is 4.79 Å². The fourth-order valence-electron chi connectivity index (χ4n) is 2.65. The van der Waals surface area contributed by atoms with Gasteiger partial charge in [0.25, 0.3) is 0 Å². The average molecular weight is 396 g/mol. The van der Waals surface area contributed by atoms with Gasteiger partial charge in [-0.15, -0.1) is 0 Å². The van der Waals surface area contributed by atoms with Gasteiger partial charge >= 0.3 is 0 Å². The maximum absolute atomic E-state index is 13.0. The SMILES string of the molecule is CC(C)COc1ccc(CNC(=O)CCc2ncc(-c3ccc(F)cc3)o2)cc1. The molecular weight excluding hydrogens is 371 g/mol. The van der Waals surface area contributed by atoms with Crippen LogP contribution in [0.1, 0.15) is 31.7 Å². The Labute approximate surface area is 169 Å². The molecule has 0 aliphatic rings. The summed E-state index contributed by atoms with van der Waals surface area (Å²) in [5, 5.41) is 2.89. The average Bonchev–Trinajstić information content (AvgIpc) is 3.19. The Hall–Kier alpha value is -3.15. The van der Waals surface area contributed by atoms with E-state index < -0.39 is 0 Å². The van der Waals surface area contributed by atoms with Crippen molar-refractivity contribution in [2.24, 2.45) is 5.92 Å². The lowest BCUT2D eigenvalue weighted by atomic mass is 10.2. The number of carbonyl (C=O) groups is 1. The summed E-state index contributed by atoms with van der Waals surface area (Å²) in [6, 6.07) is 13.7. The molecule has 1 N–H and O–H groups in total. The molecule has 0 atom stereocenters. The van der Waals surface area contributed by atoms with Gasteiger partial charge in [-0.1, -0.05) is 26.0 Å². The Morgan fingerprint density at radius 3 is 2.55 bits per heavy atom. The Balaban J connectivity index is 1.43. The minimum atomic E-state index is -0.303. The molecule has 0 saturated carbocycles. The summed E-state index contributed by atoms with van der Waals surface area (Å²) in [4.78, 5) is 16.3. The maximum atomic E-state index is 13.0. The van der Waals surface area contributed by atoms with Crippen LogP contribution in [-0.2, 0) is 17.8 Å². The van der Waals surface area contributed by atoms with Crippen molar-refractivity contribution in [1.29, 1.82) is 0 Å². The van der Waals surface area contributed by atoms with Gasteiger partial charge in [0.05, 0.1) is 12.8 Å². The van der Waals surface area contributed by atoms with Crippen molar-refractivity contribution >= 4 is 5.91 Å². The molecule has 0 bridgehead atoms. The minimum absolute atomic E-state index is 0.0772. The first-order valence-electron chi connectivity index (χ1n) is 9.68. The van der Waals surface area contributed by atoms with Crippen molar-refractivity contribution in [3.8, 4) is 17.1 Å². The predicted molar refractivity (Wildman–Crippen MR) is 109 cm³/mol. The summed E-state index contributed by atoms with van der Waals surface area (Å²) in [7, 11) is 0. The Morgan fingerprint density at radius 1 is 1.14 bits per heavy atom. The van der Waals surface area contributed by atoms with Gasteiger partial charge in [0.15, 0.2) is 11.7 Å². The number of hydrogen-bond donors (Lipinski definition) is 1. The van der Waals surface area contributed by atoms with E-state index in [0.29, 0.717) is 37.1 Å². The van der Waals surface area contributed by atoms with Crippen molar-refractivity contribution in [3.63, 3.8) is 0 Å². The van der Waals surface area contributed by atoms with Crippen LogP contribution in [-0.4, -0.2) is 17.5 Å². The van der Waals surface area contributed by atoms with E-state index in [9.17, 15) is 9.18 Å². The highest BCUT2D eigenvalue weighted by Gasteiger charge is 2.09. The van der Waals surface area contributed by atoms with E-state index in [0.717, 1.165) is 16.9 Å². The van der Waals surface area contributed by atoms with Gasteiger partial charge < -0.3 is 14.5 Å². The van der Waals surface area contributed by atoms with Crippen LogP contribution in [0.15, 0.2) is 59.1 Å². The standard InChI is InChI=1S/C23H25FN2O3/c1-16(2)15-28-20-9-3-17(4-10-20)13-25-22(27)11-12-23-26-14-21(29-23)18-5-7-19(24)8-6-18/h3-10,14,16H,11-13,15H2,1-2H3,(H,25,27). The number of aromatic nitrogens is 1. The summed E-state index contributed by atoms with van der Waals surface area (Å²) in [5.74, 6) is 1.96. The molecule has 1 amide bonds. The van der Waals surface area contributed by atoms with Crippen LogP contribution < -0.4 is 10.1 Å². The van der Waals surface area contributed by atoms with Gasteiger partial charge in [0, 0.05) is 24.9 Å². The van der Waals surface area contributed by atoms with E-state index >= 15 is 0 Å². The summed E-state index contributed by atoms with van der Waals surface area (Å²) in [6.07, 6.45) is 2.26. The van der Waals surface area contributed by atoms with Gasteiger partial charge in [0.1, 0.15) is 11.6 Å². The van der Waals surface area contributed by atoms with Gasteiger partial charge in [-0.2, -0.15) is 0 Å². The molecule has 29 heavy (non-hydrogen) atoms. The molecule has 2 aromatic carbocycles. The molecule has 0 unspecified atom stereocenters. The lowest BCUT2D eigenvalue weighted by Gasteiger charge is -2.09. The first kappa shape index (κ1) is 20.6. The number of amides is 1. The fourth-order valence-corrected chi connectivity index (χ4v) is 2.65. The third-order valence-electron chi connectivity index (χ3n) is 4.24. The first-order chi connectivity index (χ1) is 14.0. The Kier molecular flexibility index (Phi) is 7.00. The van der Waals surface area contributed by atoms with E-state index in [1.54, 1.807) is 18.3 Å². The molecule has 5 nitrogen and oxygen atoms in total. The second-order valence-electron chi connectivity index (χ2n) is 7.25. The first-order valence-corrected chi connectivity index (χ1v) is 9.68. The molecular formula is C23H25FN2O3. The molecule has 6 heteroatoms. The smallest absolute Gasteiger partial charge is 0.220 e. The number of nitrogens with one attached hydrogen (secondary N) is 1. The normalized spacial score (nSPS) is 10.9. The van der Waals surface area contributed by atoms with Gasteiger partial charge in [-0.25, -0.2) is 9.37 Å². The van der Waals surface area contributed by atoms with Crippen LogP contribution in [0.3, 0.4) is 0 Å². The highest BCUT2D eigenvalue weighted by Crippen LogP contribution is 2.21. The van der Waals surface area contributed by atoms with E-state index in [1.807, 2.05) is 24.3 Å². The molecule has 3 rings (SSSR count). The van der Waals surface area contributed by atoms with Crippen molar-refractivity contribution in [2.75, 3.05) is 6.61 Å². The van der Waals surface area contributed by atoms with Gasteiger partial charge in [0.2, 0.25) is 5.91 Å². The number of rotatable bonds is 9. The van der Waals surface area contributed by atoms with Crippen LogP contribution >= 0.6 is 0 Å². The number of oxazole rings is 1. The second kappa shape index (κ2) is 9.87. The number of ether oxygens (including phenoxy) is 1. The van der Waals surface area contributed by atoms with E-state index in [4.69, 9.17) is 9.15 Å². The Morgan fingerprint density at radius 2 is 1.86 bits per heavy atom. The number of halogens is 1. The molecule has 152 valence electrons. The molecule has 0 fully saturated rings. The zero-order chi connectivity index (χ0) is 20.6. The van der Waals surface area contributed by atoms with Crippen LogP contribution in [0.2, 0.25) is 0 Å². The predicted octanol–water partition coefficient (Wildman–Crippen LogP) is 4.76. The number of benzene rings is 2. The molecule has 0 saturated heterocycles. The quantitative estimate of drug-likeness (QED) is 0.566. The topological polar surface area (TPSA) is 64.4 Å². The number of carbonyl (C=O) groups excluding carboxylic acids is 1. The van der Waals surface area contributed by atoms with E-state index in [1.165, 1.54) is 12.1 Å². The van der Waals surface area contributed by atoms with Crippen LogP contribution in [0.5, 0.6) is 5.75 Å². The summed E-state index contributed by atoms with van der Waals surface area (Å²) < 4.78 is 24.3. The van der Waals surface area contributed by atoms with Crippen LogP contribution in [0, 0.1) is 11.7 Å². The van der Waals surface area contributed by atoms with Crippen molar-refractivity contribution < 1.29 is 18.3 Å². The molecule has 0 aliphatic heterocycles. The number of aryl methyl sites for hydroxylation is 1. The third-order valence-corrected chi connectivity index (χ3v) is 4.24. The van der Waals surface area contributed by atoms with Crippen LogP contribution in [0.4, 0.5) is 4.39 Å². The molecule has 3 aromatic rings. The molecule has 1 aromatic heterocycles. The van der Waals surface area contributed by atoms with Crippen LogP contribution in [0.25, 0.3) is 11.3 Å². The van der Waals surface area contributed by atoms with Crippen molar-refractivity contribution in [1.82, 2.24) is 10.3 Å². The monoisotopic (exact) mass is 396 g/mol. The fraction of sp³-hybridized carbons (Fsp3) is 0.304. The van der Waals surface area contributed by atoms with Crippen molar-refractivity contribution in [3.05, 3.63) is 72.0 Å². The summed E-state index contributed by atoms with van der Waals surface area (Å²) >= 11 is 0. The van der Waals surface area contributed by atoms with Crippen molar-refractivity contribution in [2.45, 2.75) is 33.2 Å². The second-order valence-corrected chi connectivity index (χ2v) is 7.25. The Bertz CT molecular complexity index is 918. The summed E-state index contributed by atoms with van der Waals surface area (Å²) in [5.41, 5.74) is 1.75. The lowest BCUT2D eigenvalue weighted by Crippen LogP contribution is -2.23. The lowest BCUT2D eigenvalue weighted by molar-refractivity contribution is -0.121. The van der Waals surface area contributed by atoms with E-state index in [-0.39, 0.29) is 18.1 Å². The number of hydrogen-bond acceptors (Lipinski definition) is 4. The zero-order valence-corrected chi connectivity index (χ0v) is 16.7. The molecule has 0 radical (unpaired) electrons. The van der Waals surface area contributed by atoms with E-state index in [2.05, 4.69) is 24.1 Å². The molecule has 0 spiro atoms. The summed E-state index contributed by atoms with van der Waals surface area (Å²) in [6.45, 7) is 5.34. The zero-order valence-electron chi connectivity index (χ0n) is 16.7. The minimum Gasteiger partial charge on any atom is -0.493 e. The third kappa shape index (κ3) is 6.45. The molecule has 1 heterocycles. The van der Waals surface area contributed by atoms with Gasteiger partial charge in [-0.05, 0) is 47.9 Å². The highest BCUT2D eigenvalue weighted by molar-refractivity contribution is 5.76. The maximum Gasteiger partial charge on any atom is 0.220 e. The number of nitrogens with zero attached hydrogens (tertiary/aromatic N) is 1. The largest absolute Gasteiger partial charge is 0.493 e. The molecule has 0 aliphatic carbocycles. The highest BCUT2D eigenvalue weighted by atomic mass is 19.1.